The van der Waals surface area contributed by atoms with Crippen molar-refractivity contribution in [1.82, 2.24) is 5.01 Å². The van der Waals surface area contributed by atoms with E-state index in [1.165, 1.54) is 5.01 Å². The SMILES string of the molecule is CN(C(=O)C(O)(c1ccc(Cl)cc1)c1ccc(Cl)cc1)N(C)c1ccccc1. The predicted octanol–water partition coefficient (Wildman–Crippen LogP) is 4.74. The topological polar surface area (TPSA) is 43.8 Å². The van der Waals surface area contributed by atoms with E-state index >= 15 is 0 Å². The zero-order valence-electron chi connectivity index (χ0n) is 15.5. The van der Waals surface area contributed by atoms with Crippen molar-refractivity contribution >= 4 is 34.8 Å². The third kappa shape index (κ3) is 3.85. The van der Waals surface area contributed by atoms with E-state index in [1.807, 2.05) is 30.3 Å². The molecule has 0 radical (unpaired) electrons. The van der Waals surface area contributed by atoms with Gasteiger partial charge in [-0.1, -0.05) is 65.7 Å². The Morgan fingerprint density at radius 2 is 1.21 bits per heavy atom. The first kappa shape index (κ1) is 20.2. The van der Waals surface area contributed by atoms with Gasteiger partial charge in [0.15, 0.2) is 5.60 Å². The Balaban J connectivity index is 2.06. The van der Waals surface area contributed by atoms with Gasteiger partial charge in [-0.2, -0.15) is 0 Å². The molecule has 28 heavy (non-hydrogen) atoms. The van der Waals surface area contributed by atoms with Crippen LogP contribution < -0.4 is 5.01 Å². The summed E-state index contributed by atoms with van der Waals surface area (Å²) < 4.78 is 0. The van der Waals surface area contributed by atoms with Crippen LogP contribution in [0.15, 0.2) is 78.9 Å². The van der Waals surface area contributed by atoms with E-state index in [9.17, 15) is 9.90 Å². The molecule has 0 aromatic heterocycles. The lowest BCUT2D eigenvalue weighted by Gasteiger charge is -2.37. The zero-order valence-corrected chi connectivity index (χ0v) is 17.0. The van der Waals surface area contributed by atoms with Crippen LogP contribution in [-0.4, -0.2) is 30.1 Å². The summed E-state index contributed by atoms with van der Waals surface area (Å²) in [6.07, 6.45) is 0. The number of hydrogen-bond acceptors (Lipinski definition) is 3. The van der Waals surface area contributed by atoms with Crippen LogP contribution >= 0.6 is 23.2 Å². The number of anilines is 1. The quantitative estimate of drug-likeness (QED) is 0.613. The first-order chi connectivity index (χ1) is 13.3. The van der Waals surface area contributed by atoms with Gasteiger partial charge in [0.25, 0.3) is 5.91 Å². The van der Waals surface area contributed by atoms with Crippen LogP contribution in [0.4, 0.5) is 5.69 Å². The Morgan fingerprint density at radius 1 is 0.786 bits per heavy atom. The third-order valence-electron chi connectivity index (χ3n) is 4.71. The molecule has 0 spiro atoms. The van der Waals surface area contributed by atoms with Gasteiger partial charge < -0.3 is 5.11 Å². The van der Waals surface area contributed by atoms with Crippen molar-refractivity contribution in [1.29, 1.82) is 0 Å². The van der Waals surface area contributed by atoms with Crippen molar-refractivity contribution in [2.75, 3.05) is 19.1 Å². The lowest BCUT2D eigenvalue weighted by molar-refractivity contribution is -0.147. The standard InChI is InChI=1S/C22H20Cl2N2O2/c1-25(20-6-4-3-5-7-20)26(2)21(27)22(28,16-8-12-18(23)13-9-16)17-10-14-19(24)15-11-17/h3-15,28H,1-2H3. The summed E-state index contributed by atoms with van der Waals surface area (Å²) in [4.78, 5) is 13.5. The van der Waals surface area contributed by atoms with Gasteiger partial charge in [0, 0.05) is 24.1 Å². The van der Waals surface area contributed by atoms with Crippen LogP contribution in [0.5, 0.6) is 0 Å². The number of likely N-dealkylation sites (N-methyl/N-ethyl adjacent to an activating group) is 1. The van der Waals surface area contributed by atoms with Crippen LogP contribution in [0.2, 0.25) is 10.0 Å². The van der Waals surface area contributed by atoms with E-state index in [4.69, 9.17) is 23.2 Å². The lowest BCUT2D eigenvalue weighted by Crippen LogP contribution is -2.52. The molecule has 3 rings (SSSR count). The van der Waals surface area contributed by atoms with Gasteiger partial charge >= 0.3 is 0 Å². The molecule has 0 unspecified atom stereocenters. The number of carbonyl (C=O) groups is 1. The molecule has 1 N–H and O–H groups in total. The van der Waals surface area contributed by atoms with Gasteiger partial charge in [-0.25, -0.2) is 0 Å². The molecule has 0 aliphatic carbocycles. The second-order valence-corrected chi connectivity index (χ2v) is 7.28. The largest absolute Gasteiger partial charge is 0.372 e. The molecule has 1 amide bonds. The third-order valence-corrected chi connectivity index (χ3v) is 5.21. The first-order valence-electron chi connectivity index (χ1n) is 8.65. The number of amides is 1. The molecule has 0 fully saturated rings. The second-order valence-electron chi connectivity index (χ2n) is 6.41. The summed E-state index contributed by atoms with van der Waals surface area (Å²) in [5.41, 5.74) is -0.268. The number of nitrogens with zero attached hydrogens (tertiary/aromatic N) is 2. The smallest absolute Gasteiger partial charge is 0.282 e. The highest BCUT2D eigenvalue weighted by Gasteiger charge is 2.43. The van der Waals surface area contributed by atoms with Gasteiger partial charge in [-0.05, 0) is 47.5 Å². The highest BCUT2D eigenvalue weighted by atomic mass is 35.5. The minimum atomic E-state index is -1.91. The van der Waals surface area contributed by atoms with Gasteiger partial charge in [0.1, 0.15) is 0 Å². The van der Waals surface area contributed by atoms with E-state index in [1.54, 1.807) is 67.6 Å². The van der Waals surface area contributed by atoms with E-state index in [0.29, 0.717) is 21.2 Å². The number of aliphatic hydroxyl groups is 1. The van der Waals surface area contributed by atoms with Crippen LogP contribution in [0, 0.1) is 0 Å². The summed E-state index contributed by atoms with van der Waals surface area (Å²) >= 11 is 12.0. The first-order valence-corrected chi connectivity index (χ1v) is 9.41. The normalized spacial score (nSPS) is 11.2. The van der Waals surface area contributed by atoms with Crippen molar-refractivity contribution in [2.45, 2.75) is 5.60 Å². The highest BCUT2D eigenvalue weighted by Crippen LogP contribution is 2.34. The van der Waals surface area contributed by atoms with Crippen LogP contribution in [0.1, 0.15) is 11.1 Å². The van der Waals surface area contributed by atoms with Gasteiger partial charge in [0.2, 0.25) is 0 Å². The molecule has 0 saturated carbocycles. The van der Waals surface area contributed by atoms with E-state index in [-0.39, 0.29) is 0 Å². The minimum Gasteiger partial charge on any atom is -0.372 e. The number of carbonyl (C=O) groups excluding carboxylic acids is 1. The Hall–Kier alpha value is -2.53. The van der Waals surface area contributed by atoms with Gasteiger partial charge in [-0.15, -0.1) is 0 Å². The summed E-state index contributed by atoms with van der Waals surface area (Å²) in [7, 11) is 3.38. The molecule has 0 aliphatic rings. The van der Waals surface area contributed by atoms with Crippen LogP contribution in [0.3, 0.4) is 0 Å². The molecule has 144 valence electrons. The summed E-state index contributed by atoms with van der Waals surface area (Å²) in [6, 6.07) is 22.6. The van der Waals surface area contributed by atoms with Crippen molar-refractivity contribution in [2.24, 2.45) is 0 Å². The molecule has 3 aromatic carbocycles. The molecule has 0 aliphatic heterocycles. The van der Waals surface area contributed by atoms with Crippen LogP contribution in [0.25, 0.3) is 0 Å². The molecule has 0 atom stereocenters. The number of hydrazine groups is 1. The Labute approximate surface area is 174 Å². The maximum atomic E-state index is 13.5. The molecule has 3 aromatic rings. The number of hydrogen-bond donors (Lipinski definition) is 1. The fraction of sp³-hybridized carbons (Fsp3) is 0.136. The number of para-hydroxylation sites is 1. The number of benzene rings is 3. The fourth-order valence-corrected chi connectivity index (χ4v) is 3.24. The zero-order chi connectivity index (χ0) is 20.3. The van der Waals surface area contributed by atoms with Crippen molar-refractivity contribution in [3.63, 3.8) is 0 Å². The second kappa shape index (κ2) is 8.23. The molecule has 0 heterocycles. The maximum Gasteiger partial charge on any atom is 0.282 e. The fourth-order valence-electron chi connectivity index (χ4n) is 2.98. The van der Waals surface area contributed by atoms with Crippen molar-refractivity contribution in [3.8, 4) is 0 Å². The molecule has 0 bridgehead atoms. The van der Waals surface area contributed by atoms with Gasteiger partial charge in [0.05, 0.1) is 5.69 Å². The Bertz CT molecular complexity index is 899. The van der Waals surface area contributed by atoms with Crippen molar-refractivity contribution < 1.29 is 9.90 Å². The van der Waals surface area contributed by atoms with Crippen molar-refractivity contribution in [3.05, 3.63) is 100 Å². The lowest BCUT2D eigenvalue weighted by atomic mass is 9.85. The molecule has 4 nitrogen and oxygen atoms in total. The van der Waals surface area contributed by atoms with Gasteiger partial charge in [-0.3, -0.25) is 14.8 Å². The minimum absolute atomic E-state index is 0.414. The average Bonchev–Trinajstić information content (AvgIpc) is 2.73. The highest BCUT2D eigenvalue weighted by molar-refractivity contribution is 6.30. The van der Waals surface area contributed by atoms with Crippen LogP contribution in [-0.2, 0) is 10.4 Å². The number of rotatable bonds is 5. The van der Waals surface area contributed by atoms with E-state index < -0.39 is 11.5 Å². The Kier molecular flexibility index (Phi) is 5.94. The van der Waals surface area contributed by atoms with E-state index in [2.05, 4.69) is 0 Å². The summed E-state index contributed by atoms with van der Waals surface area (Å²) in [5.74, 6) is -0.511. The van der Waals surface area contributed by atoms with E-state index in [0.717, 1.165) is 5.69 Å². The average molecular weight is 415 g/mol. The summed E-state index contributed by atoms with van der Waals surface area (Å²) in [6.45, 7) is 0. The number of halogens is 2. The Morgan fingerprint density at radius 3 is 1.64 bits per heavy atom. The summed E-state index contributed by atoms with van der Waals surface area (Å²) in [5, 5.41) is 15.8. The molecule has 6 heteroatoms. The maximum absolute atomic E-state index is 13.5. The molecular weight excluding hydrogens is 395 g/mol. The predicted molar refractivity (Wildman–Crippen MR) is 114 cm³/mol. The molecule has 0 saturated heterocycles. The monoisotopic (exact) mass is 414 g/mol. The molecular formula is C22H20Cl2N2O2.